The zero-order valence-electron chi connectivity index (χ0n) is 18.5. The number of carbonyl (C=O) groups excluding carboxylic acids is 2. The van der Waals surface area contributed by atoms with Crippen LogP contribution < -0.4 is 5.32 Å². The van der Waals surface area contributed by atoms with Crippen molar-refractivity contribution in [3.63, 3.8) is 0 Å². The Morgan fingerprint density at radius 2 is 2.00 bits per heavy atom. The number of hydrogen-bond acceptors (Lipinski definition) is 5. The van der Waals surface area contributed by atoms with Gasteiger partial charge in [-0.15, -0.1) is 0 Å². The van der Waals surface area contributed by atoms with Crippen LogP contribution in [0.5, 0.6) is 0 Å². The molecule has 32 heavy (non-hydrogen) atoms. The van der Waals surface area contributed by atoms with E-state index in [4.69, 9.17) is 4.74 Å². The van der Waals surface area contributed by atoms with Crippen LogP contribution in [0.15, 0.2) is 48.5 Å². The molecule has 1 N–H and O–H groups in total. The van der Waals surface area contributed by atoms with Crippen LogP contribution in [0.4, 0.5) is 5.69 Å². The van der Waals surface area contributed by atoms with Crippen LogP contribution in [0.25, 0.3) is 0 Å². The Balaban J connectivity index is 1.48. The molecule has 0 radical (unpaired) electrons. The second-order valence-corrected chi connectivity index (χ2v) is 7.98. The Bertz CT molecular complexity index is 963. The maximum Gasteiger partial charge on any atom is 0.272 e. The second-order valence-electron chi connectivity index (χ2n) is 7.98. The fourth-order valence-electron chi connectivity index (χ4n) is 3.92. The molecule has 1 aliphatic rings. The van der Waals surface area contributed by atoms with E-state index in [9.17, 15) is 19.7 Å². The first-order valence-electron chi connectivity index (χ1n) is 10.9. The maximum atomic E-state index is 12.9. The quantitative estimate of drug-likeness (QED) is 0.364. The van der Waals surface area contributed by atoms with Crippen molar-refractivity contribution in [2.24, 2.45) is 0 Å². The number of likely N-dealkylation sites (tertiary alicyclic amines) is 1. The van der Waals surface area contributed by atoms with Crippen molar-refractivity contribution in [2.75, 3.05) is 19.7 Å². The highest BCUT2D eigenvalue weighted by atomic mass is 16.6. The van der Waals surface area contributed by atoms with Gasteiger partial charge in [0, 0.05) is 36.9 Å². The van der Waals surface area contributed by atoms with E-state index < -0.39 is 11.0 Å². The summed E-state index contributed by atoms with van der Waals surface area (Å²) in [4.78, 5) is 37.7. The molecule has 2 atom stereocenters. The van der Waals surface area contributed by atoms with Crippen molar-refractivity contribution in [1.29, 1.82) is 0 Å². The number of nitro benzene ring substituents is 1. The van der Waals surface area contributed by atoms with Crippen LogP contribution >= 0.6 is 0 Å². The second kappa shape index (κ2) is 10.9. The topological polar surface area (TPSA) is 102 Å². The van der Waals surface area contributed by atoms with Crippen LogP contribution in [0, 0.1) is 17.0 Å². The number of ether oxygens (including phenoxy) is 1. The lowest BCUT2D eigenvalue weighted by molar-refractivity contribution is -0.385. The Morgan fingerprint density at radius 1 is 1.25 bits per heavy atom. The van der Waals surface area contributed by atoms with Gasteiger partial charge in [-0.25, -0.2) is 0 Å². The minimum Gasteiger partial charge on any atom is -0.374 e. The van der Waals surface area contributed by atoms with Gasteiger partial charge in [0.1, 0.15) is 6.04 Å². The Labute approximate surface area is 187 Å². The van der Waals surface area contributed by atoms with E-state index in [1.807, 2.05) is 37.3 Å². The van der Waals surface area contributed by atoms with E-state index in [2.05, 4.69) is 5.32 Å². The molecule has 0 spiro atoms. The molecule has 1 heterocycles. The molecule has 0 saturated carbocycles. The van der Waals surface area contributed by atoms with Gasteiger partial charge in [0.25, 0.3) is 11.6 Å². The fraction of sp³-hybridized carbons (Fsp3) is 0.417. The predicted molar refractivity (Wildman–Crippen MR) is 120 cm³/mol. The average molecular weight is 440 g/mol. The lowest BCUT2D eigenvalue weighted by Crippen LogP contribution is -2.46. The van der Waals surface area contributed by atoms with Gasteiger partial charge in [0.2, 0.25) is 5.91 Å². The molecular weight excluding hydrogens is 410 g/mol. The zero-order valence-corrected chi connectivity index (χ0v) is 18.5. The molecule has 170 valence electrons. The van der Waals surface area contributed by atoms with E-state index in [-0.39, 0.29) is 23.6 Å². The van der Waals surface area contributed by atoms with Crippen molar-refractivity contribution in [2.45, 2.75) is 45.3 Å². The molecule has 2 amide bonds. The van der Waals surface area contributed by atoms with E-state index in [0.717, 1.165) is 12.0 Å². The van der Waals surface area contributed by atoms with Gasteiger partial charge in [0.05, 0.1) is 11.0 Å². The summed E-state index contributed by atoms with van der Waals surface area (Å²) in [5.74, 6) is -0.453. The van der Waals surface area contributed by atoms with Crippen molar-refractivity contribution < 1.29 is 19.2 Å². The monoisotopic (exact) mass is 439 g/mol. The maximum absolute atomic E-state index is 12.9. The lowest BCUT2D eigenvalue weighted by Gasteiger charge is -2.24. The highest BCUT2D eigenvalue weighted by Crippen LogP contribution is 2.24. The molecule has 8 nitrogen and oxygen atoms in total. The van der Waals surface area contributed by atoms with Gasteiger partial charge in [-0.3, -0.25) is 19.7 Å². The molecule has 0 bridgehead atoms. The van der Waals surface area contributed by atoms with Crippen molar-refractivity contribution in [1.82, 2.24) is 10.2 Å². The number of nitrogens with zero attached hydrogens (tertiary/aromatic N) is 2. The first-order chi connectivity index (χ1) is 15.4. The summed E-state index contributed by atoms with van der Waals surface area (Å²) in [6.07, 6.45) is 2.00. The van der Waals surface area contributed by atoms with Gasteiger partial charge < -0.3 is 15.0 Å². The van der Waals surface area contributed by atoms with Crippen LogP contribution in [0.1, 0.15) is 53.8 Å². The normalized spacial score (nSPS) is 16.6. The number of amides is 2. The summed E-state index contributed by atoms with van der Waals surface area (Å²) in [5.41, 5.74) is 1.86. The van der Waals surface area contributed by atoms with Crippen LogP contribution in [-0.4, -0.2) is 47.4 Å². The number of nitrogens with one attached hydrogen (secondary N) is 1. The minimum atomic E-state index is -0.526. The summed E-state index contributed by atoms with van der Waals surface area (Å²) in [6, 6.07) is 13.7. The first-order valence-corrected chi connectivity index (χ1v) is 10.9. The number of benzene rings is 2. The summed E-state index contributed by atoms with van der Waals surface area (Å²) >= 11 is 0. The van der Waals surface area contributed by atoms with E-state index in [1.54, 1.807) is 11.8 Å². The highest BCUT2D eigenvalue weighted by molar-refractivity contribution is 5.98. The Morgan fingerprint density at radius 3 is 2.69 bits per heavy atom. The van der Waals surface area contributed by atoms with E-state index >= 15 is 0 Å². The molecule has 2 aromatic rings. The SMILES string of the molecule is Cc1cc(C(=O)N2CCCC2C(=O)NCCCOC(C)c2ccccc2)ccc1[N+](=O)[O-]. The number of aryl methyl sites for hydroxylation is 1. The summed E-state index contributed by atoms with van der Waals surface area (Å²) in [6.45, 7) is 5.07. The minimum absolute atomic E-state index is 0.0139. The number of rotatable bonds is 9. The van der Waals surface area contributed by atoms with Crippen LogP contribution in [0.2, 0.25) is 0 Å². The van der Waals surface area contributed by atoms with Crippen LogP contribution in [-0.2, 0) is 9.53 Å². The Hall–Kier alpha value is -3.26. The largest absolute Gasteiger partial charge is 0.374 e. The van der Waals surface area contributed by atoms with Crippen molar-refractivity contribution in [3.8, 4) is 0 Å². The van der Waals surface area contributed by atoms with Crippen molar-refractivity contribution >= 4 is 17.5 Å². The molecule has 3 rings (SSSR count). The summed E-state index contributed by atoms with van der Waals surface area (Å²) < 4.78 is 5.83. The smallest absolute Gasteiger partial charge is 0.272 e. The molecule has 2 unspecified atom stereocenters. The highest BCUT2D eigenvalue weighted by Gasteiger charge is 2.34. The van der Waals surface area contributed by atoms with Gasteiger partial charge in [0.15, 0.2) is 0 Å². The third-order valence-corrected chi connectivity index (χ3v) is 5.71. The lowest BCUT2D eigenvalue weighted by atomic mass is 10.1. The fourth-order valence-corrected chi connectivity index (χ4v) is 3.92. The van der Waals surface area contributed by atoms with Crippen molar-refractivity contribution in [3.05, 3.63) is 75.3 Å². The van der Waals surface area contributed by atoms with Gasteiger partial charge >= 0.3 is 0 Å². The molecule has 1 saturated heterocycles. The van der Waals surface area contributed by atoms with Gasteiger partial charge in [-0.1, -0.05) is 30.3 Å². The molecule has 0 aromatic heterocycles. The first kappa shape index (κ1) is 23.4. The van der Waals surface area contributed by atoms with E-state index in [0.29, 0.717) is 43.7 Å². The number of carbonyl (C=O) groups is 2. The Kier molecular flexibility index (Phi) is 7.94. The van der Waals surface area contributed by atoms with Gasteiger partial charge in [-0.2, -0.15) is 0 Å². The third-order valence-electron chi connectivity index (χ3n) is 5.71. The van der Waals surface area contributed by atoms with Gasteiger partial charge in [-0.05, 0) is 50.8 Å². The van der Waals surface area contributed by atoms with Crippen LogP contribution in [0.3, 0.4) is 0 Å². The molecule has 0 aliphatic carbocycles. The molecule has 2 aromatic carbocycles. The standard InChI is InChI=1S/C24H29N3O5/c1-17-16-20(11-12-21(17)27(30)31)24(29)26-14-6-10-22(26)23(28)25-13-7-15-32-18(2)19-8-4-3-5-9-19/h3-5,8-9,11-12,16,18,22H,6-7,10,13-15H2,1-2H3,(H,25,28). The molecule has 8 heteroatoms. The molecular formula is C24H29N3O5. The zero-order chi connectivity index (χ0) is 23.1. The summed E-state index contributed by atoms with van der Waals surface area (Å²) in [7, 11) is 0. The third kappa shape index (κ3) is 5.70. The predicted octanol–water partition coefficient (Wildman–Crippen LogP) is 3.79. The van der Waals surface area contributed by atoms with E-state index in [1.165, 1.54) is 18.2 Å². The average Bonchev–Trinajstić information content (AvgIpc) is 3.28. The molecule has 1 aliphatic heterocycles. The summed E-state index contributed by atoms with van der Waals surface area (Å²) in [5, 5.41) is 13.9. The molecule has 1 fully saturated rings. The number of hydrogen-bond donors (Lipinski definition) is 1. The number of nitro groups is 1.